The van der Waals surface area contributed by atoms with E-state index >= 15 is 0 Å². The van der Waals surface area contributed by atoms with Gasteiger partial charge in [-0.3, -0.25) is 19.0 Å². The summed E-state index contributed by atoms with van der Waals surface area (Å²) in [6.07, 6.45) is -3.40. The van der Waals surface area contributed by atoms with Crippen molar-refractivity contribution in [3.63, 3.8) is 0 Å². The van der Waals surface area contributed by atoms with Gasteiger partial charge in [-0.05, 0) is 55.0 Å². The predicted octanol–water partition coefficient (Wildman–Crippen LogP) is 4.03. The van der Waals surface area contributed by atoms with E-state index in [4.69, 9.17) is 5.73 Å². The Morgan fingerprint density at radius 1 is 1.06 bits per heavy atom. The molecule has 0 saturated carbocycles. The van der Waals surface area contributed by atoms with Gasteiger partial charge in [-0.25, -0.2) is 4.39 Å². The van der Waals surface area contributed by atoms with Crippen molar-refractivity contribution in [3.05, 3.63) is 87.6 Å². The second-order valence-electron chi connectivity index (χ2n) is 7.55. The van der Waals surface area contributed by atoms with Gasteiger partial charge in [0.15, 0.2) is 0 Å². The van der Waals surface area contributed by atoms with Crippen LogP contribution in [0, 0.1) is 5.82 Å². The van der Waals surface area contributed by atoms with E-state index < -0.39 is 41.0 Å². The molecule has 0 saturated heterocycles. The Morgan fingerprint density at radius 3 is 2.41 bits per heavy atom. The first-order valence-electron chi connectivity index (χ1n) is 9.94. The van der Waals surface area contributed by atoms with E-state index in [1.165, 1.54) is 44.3 Å². The molecular formula is C23H20F4N4O3. The Balaban J connectivity index is 1.89. The van der Waals surface area contributed by atoms with Gasteiger partial charge in [0.05, 0.1) is 28.5 Å². The summed E-state index contributed by atoms with van der Waals surface area (Å²) in [7, 11) is 0. The molecule has 4 N–H and O–H groups in total. The summed E-state index contributed by atoms with van der Waals surface area (Å²) in [6.45, 7) is 2.69. The minimum absolute atomic E-state index is 0.0248. The highest BCUT2D eigenvalue weighted by molar-refractivity contribution is 5.94. The van der Waals surface area contributed by atoms with Crippen LogP contribution in [0.1, 0.15) is 41.4 Å². The number of carbonyl (C=O) groups excluding carboxylic acids is 2. The van der Waals surface area contributed by atoms with E-state index in [9.17, 15) is 31.9 Å². The highest BCUT2D eigenvalue weighted by Crippen LogP contribution is 2.32. The Kier molecular flexibility index (Phi) is 6.75. The fourth-order valence-corrected chi connectivity index (χ4v) is 3.23. The molecule has 2 amide bonds. The topological polar surface area (TPSA) is 106 Å². The molecule has 11 heteroatoms. The number of alkyl halides is 3. The second kappa shape index (κ2) is 9.38. The molecule has 0 spiro atoms. The first-order valence-corrected chi connectivity index (χ1v) is 9.94. The Hall–Kier alpha value is -4.15. The lowest BCUT2D eigenvalue weighted by atomic mass is 10.0. The van der Waals surface area contributed by atoms with Gasteiger partial charge in [-0.15, -0.1) is 0 Å². The van der Waals surface area contributed by atoms with Crippen LogP contribution in [0.2, 0.25) is 0 Å². The molecule has 34 heavy (non-hydrogen) atoms. The standard InChI is InChI=1S/C23H20F4N4O3/c1-12(15-7-16(23(25,26)27)9-17(28)8-15)29-22(34)14-3-6-21(33)31(11-14)18-4-5-19(24)20(10-18)30-13(2)32/h3-12H,28H2,1-2H3,(H,29,34)(H,30,32)/t12-/m1/s1. The van der Waals surface area contributed by atoms with Crippen molar-refractivity contribution in [2.45, 2.75) is 26.1 Å². The van der Waals surface area contributed by atoms with Gasteiger partial charge in [-0.2, -0.15) is 13.2 Å². The smallest absolute Gasteiger partial charge is 0.399 e. The van der Waals surface area contributed by atoms with E-state index in [1.807, 2.05) is 0 Å². The SMILES string of the molecule is CC(=O)Nc1cc(-n2cc(C(=O)N[C@H](C)c3cc(N)cc(C(F)(F)F)c3)ccc2=O)ccc1F. The summed E-state index contributed by atoms with van der Waals surface area (Å²) in [5.41, 5.74) is 4.21. The predicted molar refractivity (Wildman–Crippen MR) is 118 cm³/mol. The van der Waals surface area contributed by atoms with E-state index in [0.717, 1.165) is 28.8 Å². The van der Waals surface area contributed by atoms with E-state index in [-0.39, 0.29) is 28.2 Å². The molecule has 0 bridgehead atoms. The van der Waals surface area contributed by atoms with Crippen LogP contribution < -0.4 is 21.9 Å². The maximum absolute atomic E-state index is 13.9. The molecule has 178 valence electrons. The third kappa shape index (κ3) is 5.61. The molecule has 0 radical (unpaired) electrons. The fraction of sp³-hybridized carbons (Fsp3) is 0.174. The third-order valence-corrected chi connectivity index (χ3v) is 4.86. The number of nitrogens with two attached hydrogens (primary N) is 1. The minimum Gasteiger partial charge on any atom is -0.399 e. The van der Waals surface area contributed by atoms with Crippen LogP contribution in [0.4, 0.5) is 28.9 Å². The van der Waals surface area contributed by atoms with Gasteiger partial charge in [0, 0.05) is 24.9 Å². The first kappa shape index (κ1) is 24.5. The molecular weight excluding hydrogens is 456 g/mol. The molecule has 1 heterocycles. The normalized spacial score (nSPS) is 12.2. The number of nitrogen functional groups attached to an aromatic ring is 1. The summed E-state index contributed by atoms with van der Waals surface area (Å²) in [6, 6.07) is 8.11. The number of pyridine rings is 1. The van der Waals surface area contributed by atoms with Gasteiger partial charge in [0.1, 0.15) is 5.82 Å². The quantitative estimate of drug-likeness (QED) is 0.382. The number of aromatic nitrogens is 1. The largest absolute Gasteiger partial charge is 0.416 e. The van der Waals surface area contributed by atoms with Crippen molar-refractivity contribution < 1.29 is 27.2 Å². The van der Waals surface area contributed by atoms with Gasteiger partial charge < -0.3 is 16.4 Å². The van der Waals surface area contributed by atoms with Gasteiger partial charge in [0.2, 0.25) is 5.91 Å². The number of rotatable bonds is 5. The van der Waals surface area contributed by atoms with E-state index in [1.54, 1.807) is 0 Å². The van der Waals surface area contributed by atoms with Crippen molar-refractivity contribution in [2.24, 2.45) is 0 Å². The lowest BCUT2D eigenvalue weighted by Crippen LogP contribution is -2.29. The van der Waals surface area contributed by atoms with E-state index in [0.29, 0.717) is 0 Å². The molecule has 2 aromatic carbocycles. The molecule has 0 aliphatic rings. The van der Waals surface area contributed by atoms with Crippen molar-refractivity contribution in [1.82, 2.24) is 9.88 Å². The zero-order chi connectivity index (χ0) is 25.2. The zero-order valence-electron chi connectivity index (χ0n) is 18.0. The lowest BCUT2D eigenvalue weighted by molar-refractivity contribution is -0.137. The highest BCUT2D eigenvalue weighted by atomic mass is 19.4. The van der Waals surface area contributed by atoms with Crippen molar-refractivity contribution in [1.29, 1.82) is 0 Å². The van der Waals surface area contributed by atoms with Crippen molar-refractivity contribution in [3.8, 4) is 5.69 Å². The number of amides is 2. The summed E-state index contributed by atoms with van der Waals surface area (Å²) in [5.74, 6) is -1.89. The monoisotopic (exact) mass is 476 g/mol. The fourth-order valence-electron chi connectivity index (χ4n) is 3.23. The highest BCUT2D eigenvalue weighted by Gasteiger charge is 2.31. The first-order chi connectivity index (χ1) is 15.8. The number of carbonyl (C=O) groups is 2. The van der Waals surface area contributed by atoms with Crippen molar-refractivity contribution in [2.75, 3.05) is 11.1 Å². The van der Waals surface area contributed by atoms with Gasteiger partial charge in [-0.1, -0.05) is 0 Å². The van der Waals surface area contributed by atoms with Crippen molar-refractivity contribution >= 4 is 23.2 Å². The molecule has 3 rings (SSSR count). The number of benzene rings is 2. The van der Waals surface area contributed by atoms with Crippen LogP contribution in [0.15, 0.2) is 59.5 Å². The Labute approximate surface area is 191 Å². The summed E-state index contributed by atoms with van der Waals surface area (Å²) in [5, 5.41) is 4.87. The Bertz CT molecular complexity index is 1320. The molecule has 1 atom stereocenters. The number of anilines is 2. The van der Waals surface area contributed by atoms with Crippen LogP contribution in [-0.4, -0.2) is 16.4 Å². The number of hydrogen-bond donors (Lipinski definition) is 3. The van der Waals surface area contributed by atoms with Gasteiger partial charge >= 0.3 is 6.18 Å². The third-order valence-electron chi connectivity index (χ3n) is 4.86. The maximum Gasteiger partial charge on any atom is 0.416 e. The molecule has 0 aliphatic heterocycles. The maximum atomic E-state index is 13.9. The van der Waals surface area contributed by atoms with E-state index in [2.05, 4.69) is 10.6 Å². The Morgan fingerprint density at radius 2 is 1.76 bits per heavy atom. The molecule has 3 aromatic rings. The number of nitrogens with one attached hydrogen (secondary N) is 2. The number of nitrogens with zero attached hydrogens (tertiary/aromatic N) is 1. The molecule has 7 nitrogen and oxygen atoms in total. The molecule has 0 aliphatic carbocycles. The number of hydrogen-bond acceptors (Lipinski definition) is 4. The average Bonchev–Trinajstić information content (AvgIpc) is 2.74. The zero-order valence-corrected chi connectivity index (χ0v) is 18.0. The molecule has 1 aromatic heterocycles. The van der Waals surface area contributed by atoms with Crippen LogP contribution in [0.25, 0.3) is 5.69 Å². The second-order valence-corrected chi connectivity index (χ2v) is 7.55. The van der Waals surface area contributed by atoms with Crippen LogP contribution in [0.5, 0.6) is 0 Å². The average molecular weight is 476 g/mol. The van der Waals surface area contributed by atoms with Gasteiger partial charge in [0.25, 0.3) is 11.5 Å². The summed E-state index contributed by atoms with van der Waals surface area (Å²) < 4.78 is 54.3. The summed E-state index contributed by atoms with van der Waals surface area (Å²) in [4.78, 5) is 36.4. The van der Waals surface area contributed by atoms with Crippen LogP contribution >= 0.6 is 0 Å². The van der Waals surface area contributed by atoms with Crippen LogP contribution in [-0.2, 0) is 11.0 Å². The lowest BCUT2D eigenvalue weighted by Gasteiger charge is -2.18. The van der Waals surface area contributed by atoms with Crippen LogP contribution in [0.3, 0.4) is 0 Å². The number of halogens is 4. The summed E-state index contributed by atoms with van der Waals surface area (Å²) >= 11 is 0. The minimum atomic E-state index is -4.60. The molecule has 0 fully saturated rings. The molecule has 0 unspecified atom stereocenters.